The Bertz CT molecular complexity index is 2160. The normalized spacial score (nSPS) is 15.7. The van der Waals surface area contributed by atoms with E-state index in [2.05, 4.69) is 78.1 Å². The molecule has 2 saturated heterocycles. The van der Waals surface area contributed by atoms with Crippen molar-refractivity contribution in [3.05, 3.63) is 119 Å². The van der Waals surface area contributed by atoms with Gasteiger partial charge in [-0.2, -0.15) is 13.2 Å². The van der Waals surface area contributed by atoms with E-state index >= 15 is 0 Å². The average molecular weight is 840 g/mol. The van der Waals surface area contributed by atoms with Gasteiger partial charge in [0.2, 0.25) is 0 Å². The number of H-pyrrole nitrogens is 2. The number of aromatic amines is 2. The molecule has 0 spiro atoms. The molecule has 4 aromatic carbocycles. The maximum atomic E-state index is 13.1. The molecular formula is C43H47Cl2F3N6S2. The number of nitrogens with one attached hydrogen (secondary N) is 2. The number of aromatic nitrogens is 2. The largest absolute Gasteiger partial charge is 0.417 e. The molecule has 2 fully saturated rings. The lowest BCUT2D eigenvalue weighted by Crippen LogP contribution is -2.46. The van der Waals surface area contributed by atoms with Crippen LogP contribution in [0.4, 0.5) is 24.5 Å². The fourth-order valence-electron chi connectivity index (χ4n) is 7.46. The molecule has 56 heavy (non-hydrogen) atoms. The van der Waals surface area contributed by atoms with Crippen molar-refractivity contribution in [2.45, 2.75) is 28.8 Å². The van der Waals surface area contributed by atoms with Crippen LogP contribution in [0, 0.1) is 0 Å². The lowest BCUT2D eigenvalue weighted by molar-refractivity contribution is -0.139. The van der Waals surface area contributed by atoms with E-state index in [1.165, 1.54) is 56.8 Å². The van der Waals surface area contributed by atoms with Crippen molar-refractivity contribution in [2.75, 3.05) is 86.8 Å². The molecule has 0 amide bonds. The number of alkyl halides is 3. The number of hydrogen-bond acceptors (Lipinski definition) is 6. The topological polar surface area (TPSA) is 44.5 Å². The number of anilines is 2. The van der Waals surface area contributed by atoms with Crippen LogP contribution >= 0.6 is 46.7 Å². The third-order valence-electron chi connectivity index (χ3n) is 10.4. The lowest BCUT2D eigenvalue weighted by atomic mass is 10.1. The number of halogens is 5. The van der Waals surface area contributed by atoms with E-state index in [0.717, 1.165) is 89.2 Å². The first kappa shape index (κ1) is 40.7. The van der Waals surface area contributed by atoms with Gasteiger partial charge < -0.3 is 19.8 Å². The van der Waals surface area contributed by atoms with E-state index in [0.29, 0.717) is 20.7 Å². The zero-order valence-corrected chi connectivity index (χ0v) is 34.4. The van der Waals surface area contributed by atoms with Crippen LogP contribution in [0.25, 0.3) is 21.8 Å². The van der Waals surface area contributed by atoms with Gasteiger partial charge in [0.25, 0.3) is 0 Å². The third kappa shape index (κ3) is 10.5. The Kier molecular flexibility index (Phi) is 14.1. The molecule has 0 unspecified atom stereocenters. The fourth-order valence-corrected chi connectivity index (χ4v) is 9.70. The highest BCUT2D eigenvalue weighted by molar-refractivity contribution is 7.99. The standard InChI is InChI=1S/C22H24F3N3S.C21H23Cl2N3S/c23-22(24,25)18-5-1-2-8-21(18)29-16-4-11-27-12-14-28(15-13-27)20-7-3-6-19-17(20)9-10-26-19;22-18-6-5-16(15-19(18)23)27-14-2-9-25-10-12-26(13-11-25)21-4-1-3-20-17(21)7-8-24-20/h1-3,5-10,26H,4,11-16H2;1,3-8,15,24H,2,9-14H2. The van der Waals surface area contributed by atoms with Gasteiger partial charge in [-0.05, 0) is 104 Å². The van der Waals surface area contributed by atoms with Crippen LogP contribution in [0.5, 0.6) is 0 Å². The molecule has 2 aromatic heterocycles. The first-order chi connectivity index (χ1) is 27.2. The van der Waals surface area contributed by atoms with Gasteiger partial charge >= 0.3 is 6.18 Å². The molecule has 6 nitrogen and oxygen atoms in total. The number of benzene rings is 4. The number of fused-ring (bicyclic) bond motifs is 2. The number of thioether (sulfide) groups is 2. The van der Waals surface area contributed by atoms with E-state index in [-0.39, 0.29) is 0 Å². The van der Waals surface area contributed by atoms with Gasteiger partial charge in [-0.25, -0.2) is 0 Å². The summed E-state index contributed by atoms with van der Waals surface area (Å²) in [6.45, 7) is 10.4. The summed E-state index contributed by atoms with van der Waals surface area (Å²) in [4.78, 5) is 18.0. The number of rotatable bonds is 12. The Labute approximate surface area is 345 Å². The van der Waals surface area contributed by atoms with Crippen LogP contribution in [-0.2, 0) is 6.18 Å². The van der Waals surface area contributed by atoms with Crippen molar-refractivity contribution in [1.82, 2.24) is 19.8 Å². The van der Waals surface area contributed by atoms with Crippen molar-refractivity contribution in [3.8, 4) is 0 Å². The van der Waals surface area contributed by atoms with Crippen LogP contribution in [0.3, 0.4) is 0 Å². The minimum atomic E-state index is -4.29. The van der Waals surface area contributed by atoms with Gasteiger partial charge in [-0.15, -0.1) is 23.5 Å². The van der Waals surface area contributed by atoms with Crippen LogP contribution < -0.4 is 9.80 Å². The number of piperazine rings is 2. The van der Waals surface area contributed by atoms with Gasteiger partial charge in [0.1, 0.15) is 0 Å². The highest BCUT2D eigenvalue weighted by Crippen LogP contribution is 2.37. The van der Waals surface area contributed by atoms with Crippen LogP contribution in [0.1, 0.15) is 18.4 Å². The van der Waals surface area contributed by atoms with E-state index < -0.39 is 11.7 Å². The molecule has 6 aromatic rings. The molecule has 2 N–H and O–H groups in total. The number of hydrogen-bond donors (Lipinski definition) is 2. The molecule has 0 radical (unpaired) electrons. The van der Waals surface area contributed by atoms with Crippen molar-refractivity contribution >= 4 is 79.9 Å². The molecular weight excluding hydrogens is 793 g/mol. The van der Waals surface area contributed by atoms with Crippen molar-refractivity contribution in [2.24, 2.45) is 0 Å². The first-order valence-electron chi connectivity index (χ1n) is 19.2. The summed E-state index contributed by atoms with van der Waals surface area (Å²) in [6, 6.07) is 28.8. The lowest BCUT2D eigenvalue weighted by Gasteiger charge is -2.36. The average Bonchev–Trinajstić information content (AvgIpc) is 3.91. The van der Waals surface area contributed by atoms with Crippen LogP contribution in [-0.4, -0.2) is 96.7 Å². The summed E-state index contributed by atoms with van der Waals surface area (Å²) in [6.07, 6.45) is 1.76. The molecule has 0 atom stereocenters. The second-order valence-corrected chi connectivity index (χ2v) is 17.2. The Hall–Kier alpha value is -3.45. The van der Waals surface area contributed by atoms with Crippen molar-refractivity contribution in [1.29, 1.82) is 0 Å². The maximum absolute atomic E-state index is 13.1. The summed E-state index contributed by atoms with van der Waals surface area (Å²) in [5.74, 6) is 1.79. The minimum Gasteiger partial charge on any atom is -0.368 e. The molecule has 2 aliphatic heterocycles. The van der Waals surface area contributed by atoms with Crippen molar-refractivity contribution in [3.63, 3.8) is 0 Å². The first-order valence-corrected chi connectivity index (χ1v) is 21.9. The Balaban J connectivity index is 0.000000172. The molecule has 4 heterocycles. The second-order valence-electron chi connectivity index (χ2n) is 14.1. The molecule has 13 heteroatoms. The van der Waals surface area contributed by atoms with Crippen molar-refractivity contribution < 1.29 is 13.2 Å². The summed E-state index contributed by atoms with van der Waals surface area (Å²) in [5, 5.41) is 3.83. The molecule has 0 saturated carbocycles. The Morgan fingerprint density at radius 2 is 1.11 bits per heavy atom. The van der Waals surface area contributed by atoms with Gasteiger partial charge in [-0.1, -0.05) is 47.5 Å². The van der Waals surface area contributed by atoms with E-state index in [9.17, 15) is 13.2 Å². The fraction of sp³-hybridized carbons (Fsp3) is 0.349. The monoisotopic (exact) mass is 838 g/mol. The summed E-state index contributed by atoms with van der Waals surface area (Å²) in [7, 11) is 0. The Morgan fingerprint density at radius 1 is 0.571 bits per heavy atom. The second kappa shape index (κ2) is 19.3. The Morgan fingerprint density at radius 3 is 1.64 bits per heavy atom. The SMILES string of the molecule is Clc1ccc(SCCCN2CCN(c3cccc4[nH]ccc34)CC2)cc1Cl.FC(F)(F)c1ccccc1SCCCN1CCN(c2cccc3[nH]ccc23)CC1. The van der Waals surface area contributed by atoms with Crippen LogP contribution in [0.15, 0.2) is 113 Å². The smallest absolute Gasteiger partial charge is 0.368 e. The minimum absolute atomic E-state index is 0.324. The molecule has 8 rings (SSSR count). The van der Waals surface area contributed by atoms with Crippen LogP contribution in [0.2, 0.25) is 10.0 Å². The summed E-state index contributed by atoms with van der Waals surface area (Å²) < 4.78 is 39.2. The predicted molar refractivity (Wildman–Crippen MR) is 232 cm³/mol. The predicted octanol–water partition coefficient (Wildman–Crippen LogP) is 11.3. The van der Waals surface area contributed by atoms with Gasteiger partial charge in [0.05, 0.1) is 15.6 Å². The van der Waals surface area contributed by atoms with Gasteiger partial charge in [0.15, 0.2) is 0 Å². The number of nitrogens with zero attached hydrogens (tertiary/aromatic N) is 4. The zero-order valence-electron chi connectivity index (χ0n) is 31.2. The van der Waals surface area contributed by atoms with E-state index in [1.54, 1.807) is 12.1 Å². The summed E-state index contributed by atoms with van der Waals surface area (Å²) in [5.41, 5.74) is 4.46. The molecule has 2 aliphatic rings. The maximum Gasteiger partial charge on any atom is 0.417 e. The molecule has 0 aliphatic carbocycles. The molecule has 0 bridgehead atoms. The van der Waals surface area contributed by atoms with E-state index in [4.69, 9.17) is 23.2 Å². The van der Waals surface area contributed by atoms with Gasteiger partial charge in [-0.3, -0.25) is 9.80 Å². The quantitative estimate of drug-likeness (QED) is 0.0945. The van der Waals surface area contributed by atoms with Gasteiger partial charge in [0, 0.05) is 108 Å². The highest BCUT2D eigenvalue weighted by Gasteiger charge is 2.33. The highest BCUT2D eigenvalue weighted by atomic mass is 35.5. The zero-order chi connectivity index (χ0) is 38.9. The molecule has 296 valence electrons. The summed E-state index contributed by atoms with van der Waals surface area (Å²) >= 11 is 15.2. The van der Waals surface area contributed by atoms with E-state index in [1.807, 2.05) is 42.4 Å². The third-order valence-corrected chi connectivity index (χ3v) is 13.4.